The Bertz CT molecular complexity index is 558. The van der Waals surface area contributed by atoms with Crippen molar-refractivity contribution in [3.05, 3.63) is 15.6 Å². The molecule has 138 valence electrons. The second-order valence-electron chi connectivity index (χ2n) is 6.52. The van der Waals surface area contributed by atoms with E-state index in [1.165, 1.54) is 24.2 Å². The number of aryl methyl sites for hydroxylation is 1. The predicted molar refractivity (Wildman–Crippen MR) is 102 cm³/mol. The number of methoxy groups -OCH3 is 1. The minimum atomic E-state index is -0.0646. The quantitative estimate of drug-likeness (QED) is 0.848. The Hall–Kier alpha value is -0.400. The number of halogens is 2. The fourth-order valence-corrected chi connectivity index (χ4v) is 4.64. The Morgan fingerprint density at radius 1 is 1.33 bits per heavy atom. The van der Waals surface area contributed by atoms with Gasteiger partial charge >= 0.3 is 0 Å². The molecule has 24 heavy (non-hydrogen) atoms. The summed E-state index contributed by atoms with van der Waals surface area (Å²) in [6.07, 6.45) is 4.57. The monoisotopic (exact) mass is 395 g/mol. The molecular weight excluding hydrogens is 369 g/mol. The molecule has 5 nitrogen and oxygen atoms in total. The lowest BCUT2D eigenvalue weighted by Crippen LogP contribution is -2.48. The Balaban J connectivity index is 0.00000144. The van der Waals surface area contributed by atoms with Crippen LogP contribution >= 0.6 is 36.2 Å². The van der Waals surface area contributed by atoms with Crippen molar-refractivity contribution in [1.29, 1.82) is 0 Å². The second kappa shape index (κ2) is 8.81. The van der Waals surface area contributed by atoms with Crippen LogP contribution in [0.15, 0.2) is 0 Å². The van der Waals surface area contributed by atoms with E-state index in [9.17, 15) is 4.79 Å². The molecule has 0 aromatic carbocycles. The van der Waals surface area contributed by atoms with Gasteiger partial charge in [-0.15, -0.1) is 36.2 Å². The fraction of sp³-hybridized carbons (Fsp3) is 0.750. The first kappa shape index (κ1) is 21.6. The highest BCUT2D eigenvalue weighted by Gasteiger charge is 2.37. The molecule has 1 aromatic rings. The number of thiazole rings is 1. The first-order chi connectivity index (χ1) is 10.5. The van der Waals surface area contributed by atoms with Gasteiger partial charge in [-0.05, 0) is 39.5 Å². The number of nitrogens with zero attached hydrogens (tertiary/aromatic N) is 2. The summed E-state index contributed by atoms with van der Waals surface area (Å²) in [5.41, 5.74) is 0.817. The molecule has 0 spiro atoms. The third kappa shape index (κ3) is 4.22. The Kier molecular flexibility index (Phi) is 7.94. The number of fused-ring (bicyclic) bond motifs is 2. The van der Waals surface area contributed by atoms with Gasteiger partial charge < -0.3 is 15.0 Å². The van der Waals surface area contributed by atoms with Crippen molar-refractivity contribution in [2.45, 2.75) is 63.8 Å². The van der Waals surface area contributed by atoms with E-state index in [0.717, 1.165) is 28.4 Å². The van der Waals surface area contributed by atoms with E-state index >= 15 is 0 Å². The molecule has 3 atom stereocenters. The van der Waals surface area contributed by atoms with Crippen LogP contribution in [-0.2, 0) is 4.74 Å². The number of rotatable bonds is 4. The molecule has 2 aliphatic heterocycles. The topological polar surface area (TPSA) is 54.5 Å². The van der Waals surface area contributed by atoms with E-state index < -0.39 is 0 Å². The second-order valence-corrected chi connectivity index (χ2v) is 7.55. The van der Waals surface area contributed by atoms with Crippen LogP contribution in [0.5, 0.6) is 0 Å². The van der Waals surface area contributed by atoms with Crippen LogP contribution in [0, 0.1) is 6.92 Å². The number of ether oxygens (including phenoxy) is 1. The van der Waals surface area contributed by atoms with E-state index in [-0.39, 0.29) is 36.8 Å². The van der Waals surface area contributed by atoms with Crippen LogP contribution in [0.2, 0.25) is 0 Å². The van der Waals surface area contributed by atoms with E-state index in [1.807, 2.05) is 25.8 Å². The molecule has 1 aromatic heterocycles. The smallest absolute Gasteiger partial charge is 0.265 e. The molecule has 2 fully saturated rings. The molecule has 2 saturated heterocycles. The van der Waals surface area contributed by atoms with E-state index in [4.69, 9.17) is 4.74 Å². The summed E-state index contributed by atoms with van der Waals surface area (Å²) in [6, 6.07) is 1.52. The zero-order chi connectivity index (χ0) is 15.9. The van der Waals surface area contributed by atoms with Crippen LogP contribution < -0.4 is 5.32 Å². The highest BCUT2D eigenvalue weighted by molar-refractivity contribution is 7.13. The van der Waals surface area contributed by atoms with Crippen molar-refractivity contribution in [3.8, 4) is 0 Å². The molecule has 1 N–H and O–H groups in total. The lowest BCUT2D eigenvalue weighted by Gasteiger charge is -2.35. The molecule has 3 unspecified atom stereocenters. The normalized spacial score (nSPS) is 26.2. The van der Waals surface area contributed by atoms with Gasteiger partial charge in [0.2, 0.25) is 0 Å². The number of amides is 1. The summed E-state index contributed by atoms with van der Waals surface area (Å²) in [6.45, 7) is 3.87. The highest BCUT2D eigenvalue weighted by Crippen LogP contribution is 2.31. The Morgan fingerprint density at radius 3 is 2.46 bits per heavy atom. The van der Waals surface area contributed by atoms with Crippen molar-refractivity contribution in [2.75, 3.05) is 14.2 Å². The van der Waals surface area contributed by atoms with Gasteiger partial charge in [-0.3, -0.25) is 4.79 Å². The van der Waals surface area contributed by atoms with Gasteiger partial charge in [-0.25, -0.2) is 4.98 Å². The summed E-state index contributed by atoms with van der Waals surface area (Å²) in [7, 11) is 3.61. The first-order valence-corrected chi connectivity index (χ1v) is 8.84. The molecule has 0 radical (unpaired) electrons. The first-order valence-electron chi connectivity index (χ1n) is 8.03. The van der Waals surface area contributed by atoms with Crippen molar-refractivity contribution >= 4 is 42.1 Å². The SMILES string of the molecule is COC(C)c1nc(C)c(C(=O)N(C)C2CC3CCC(C2)N3)s1.Cl.Cl. The Morgan fingerprint density at radius 2 is 1.92 bits per heavy atom. The number of piperidine rings is 1. The maximum absolute atomic E-state index is 12.9. The highest BCUT2D eigenvalue weighted by atomic mass is 35.5. The van der Waals surface area contributed by atoms with Crippen LogP contribution in [-0.4, -0.2) is 48.1 Å². The minimum absolute atomic E-state index is 0. The molecule has 8 heteroatoms. The average Bonchev–Trinajstić information content (AvgIpc) is 3.07. The molecule has 2 bridgehead atoms. The third-order valence-electron chi connectivity index (χ3n) is 5.02. The number of hydrogen-bond acceptors (Lipinski definition) is 5. The number of carbonyl (C=O) groups is 1. The van der Waals surface area contributed by atoms with Crippen LogP contribution in [0.25, 0.3) is 0 Å². The zero-order valence-corrected chi connectivity index (χ0v) is 17.0. The van der Waals surface area contributed by atoms with E-state index in [0.29, 0.717) is 18.1 Å². The molecule has 2 aliphatic rings. The molecule has 3 heterocycles. The molecule has 0 saturated carbocycles. The van der Waals surface area contributed by atoms with Crippen molar-refractivity contribution in [3.63, 3.8) is 0 Å². The summed E-state index contributed by atoms with van der Waals surface area (Å²) in [5.74, 6) is 0.107. The van der Waals surface area contributed by atoms with Gasteiger partial charge in [0.25, 0.3) is 5.91 Å². The van der Waals surface area contributed by atoms with Crippen LogP contribution in [0.1, 0.15) is 59.1 Å². The summed E-state index contributed by atoms with van der Waals surface area (Å²) >= 11 is 1.47. The van der Waals surface area contributed by atoms with Gasteiger partial charge in [0.15, 0.2) is 0 Å². The van der Waals surface area contributed by atoms with Crippen LogP contribution in [0.3, 0.4) is 0 Å². The van der Waals surface area contributed by atoms with Gasteiger partial charge in [-0.2, -0.15) is 0 Å². The van der Waals surface area contributed by atoms with Gasteiger partial charge in [0.1, 0.15) is 16.0 Å². The number of hydrogen-bond donors (Lipinski definition) is 1. The lowest BCUT2D eigenvalue weighted by molar-refractivity contribution is 0.0685. The molecule has 1 amide bonds. The van der Waals surface area contributed by atoms with Crippen molar-refractivity contribution in [1.82, 2.24) is 15.2 Å². The molecular formula is C16H27Cl2N3O2S. The predicted octanol–water partition coefficient (Wildman–Crippen LogP) is 3.36. The lowest BCUT2D eigenvalue weighted by atomic mass is 9.98. The maximum atomic E-state index is 12.9. The van der Waals surface area contributed by atoms with Crippen molar-refractivity contribution < 1.29 is 9.53 Å². The maximum Gasteiger partial charge on any atom is 0.265 e. The fourth-order valence-electron chi connectivity index (χ4n) is 3.56. The van der Waals surface area contributed by atoms with Crippen molar-refractivity contribution in [2.24, 2.45) is 0 Å². The number of aromatic nitrogens is 1. The van der Waals surface area contributed by atoms with Gasteiger partial charge in [-0.1, -0.05) is 0 Å². The van der Waals surface area contributed by atoms with Gasteiger partial charge in [0.05, 0.1) is 5.69 Å². The summed E-state index contributed by atoms with van der Waals surface area (Å²) in [5, 5.41) is 4.50. The van der Waals surface area contributed by atoms with Gasteiger partial charge in [0, 0.05) is 32.3 Å². The van der Waals surface area contributed by atoms with E-state index in [2.05, 4.69) is 10.3 Å². The molecule has 0 aliphatic carbocycles. The summed E-state index contributed by atoms with van der Waals surface area (Å²) < 4.78 is 5.31. The Labute approximate surface area is 160 Å². The largest absolute Gasteiger partial charge is 0.375 e. The number of nitrogens with one attached hydrogen (secondary N) is 1. The van der Waals surface area contributed by atoms with Crippen LogP contribution in [0.4, 0.5) is 0 Å². The average molecular weight is 396 g/mol. The zero-order valence-electron chi connectivity index (χ0n) is 14.6. The molecule has 3 rings (SSSR count). The standard InChI is InChI=1S/C16H25N3O2S.2ClH/c1-9-14(22-15(17-9)10(2)21-4)16(20)19(3)13-7-11-5-6-12(8-13)18-11;;/h10-13,18H,5-8H2,1-4H3;2*1H. The minimum Gasteiger partial charge on any atom is -0.375 e. The number of carbonyl (C=O) groups excluding carboxylic acids is 1. The third-order valence-corrected chi connectivity index (χ3v) is 6.33. The van der Waals surface area contributed by atoms with E-state index in [1.54, 1.807) is 7.11 Å². The summed E-state index contributed by atoms with van der Waals surface area (Å²) in [4.78, 5) is 20.1.